The molecule has 1 aromatic carbocycles. The second kappa shape index (κ2) is 6.23. The Labute approximate surface area is 91.3 Å². The number of hydrogen-bond acceptors (Lipinski definition) is 2. The highest BCUT2D eigenvalue weighted by Gasteiger charge is 2.03. The van der Waals surface area contributed by atoms with E-state index in [-0.39, 0.29) is 5.78 Å². The quantitative estimate of drug-likeness (QED) is 0.666. The van der Waals surface area contributed by atoms with Crippen LogP contribution in [0.3, 0.4) is 0 Å². The van der Waals surface area contributed by atoms with Gasteiger partial charge >= 0.3 is 0 Å². The molecule has 0 bridgehead atoms. The highest BCUT2D eigenvalue weighted by Crippen LogP contribution is 2.14. The van der Waals surface area contributed by atoms with E-state index in [9.17, 15) is 4.79 Å². The number of ether oxygens (including phenoxy) is 1. The van der Waals surface area contributed by atoms with Crippen LogP contribution in [0.2, 0.25) is 0 Å². The van der Waals surface area contributed by atoms with Crippen LogP contribution in [0.5, 0.6) is 5.75 Å². The summed E-state index contributed by atoms with van der Waals surface area (Å²) in [5.74, 6) is 1.05. The van der Waals surface area contributed by atoms with Crippen LogP contribution in [0.15, 0.2) is 24.3 Å². The molecule has 0 N–H and O–H groups in total. The van der Waals surface area contributed by atoms with Crippen LogP contribution < -0.4 is 4.74 Å². The van der Waals surface area contributed by atoms with Gasteiger partial charge in [-0.2, -0.15) is 0 Å². The normalized spacial score (nSPS) is 10.0. The van der Waals surface area contributed by atoms with Crippen LogP contribution >= 0.6 is 0 Å². The first-order chi connectivity index (χ1) is 7.27. The summed E-state index contributed by atoms with van der Waals surface area (Å²) in [6, 6.07) is 7.39. The molecular weight excluding hydrogens is 188 g/mol. The second-order valence-corrected chi connectivity index (χ2v) is 3.55. The Morgan fingerprint density at radius 1 is 1.13 bits per heavy atom. The first-order valence-corrected chi connectivity index (χ1v) is 5.54. The molecule has 0 saturated carbocycles. The molecule has 0 atom stereocenters. The van der Waals surface area contributed by atoms with Gasteiger partial charge < -0.3 is 4.74 Å². The Balaban J connectivity index is 2.59. The molecule has 0 heterocycles. The van der Waals surface area contributed by atoms with E-state index in [0.717, 1.165) is 30.8 Å². The van der Waals surface area contributed by atoms with Crippen LogP contribution in [-0.2, 0) is 0 Å². The van der Waals surface area contributed by atoms with Gasteiger partial charge in [-0.05, 0) is 37.1 Å². The van der Waals surface area contributed by atoms with Crippen molar-refractivity contribution in [3.8, 4) is 5.75 Å². The van der Waals surface area contributed by atoms with Gasteiger partial charge in [-0.1, -0.05) is 13.8 Å². The summed E-state index contributed by atoms with van der Waals surface area (Å²) in [6.07, 6.45) is 2.51. The van der Waals surface area contributed by atoms with Crippen molar-refractivity contribution in [1.82, 2.24) is 0 Å². The van der Waals surface area contributed by atoms with Gasteiger partial charge in [-0.3, -0.25) is 4.79 Å². The molecular formula is C13H18O2. The molecule has 0 amide bonds. The van der Waals surface area contributed by atoms with Crippen LogP contribution in [0, 0.1) is 0 Å². The molecule has 1 rings (SSSR count). The number of carbonyl (C=O) groups excluding carboxylic acids is 1. The molecule has 0 aliphatic carbocycles. The third-order valence-electron chi connectivity index (χ3n) is 2.13. The highest BCUT2D eigenvalue weighted by molar-refractivity contribution is 5.96. The summed E-state index contributed by atoms with van der Waals surface area (Å²) in [6.45, 7) is 4.80. The van der Waals surface area contributed by atoms with E-state index in [1.807, 2.05) is 31.2 Å². The fourth-order valence-electron chi connectivity index (χ4n) is 1.33. The Morgan fingerprint density at radius 2 is 1.80 bits per heavy atom. The lowest BCUT2D eigenvalue weighted by atomic mass is 10.1. The minimum Gasteiger partial charge on any atom is -0.494 e. The predicted molar refractivity (Wildman–Crippen MR) is 61.5 cm³/mol. The largest absolute Gasteiger partial charge is 0.494 e. The lowest BCUT2D eigenvalue weighted by molar-refractivity contribution is 0.0981. The zero-order valence-electron chi connectivity index (χ0n) is 9.45. The van der Waals surface area contributed by atoms with Crippen LogP contribution in [0.4, 0.5) is 0 Å². The average molecular weight is 206 g/mol. The molecule has 82 valence electrons. The Morgan fingerprint density at radius 3 is 2.33 bits per heavy atom. The topological polar surface area (TPSA) is 26.3 Å². The van der Waals surface area contributed by atoms with Gasteiger partial charge in [0.1, 0.15) is 5.75 Å². The standard InChI is InChI=1S/C13H18O2/c1-3-5-13(14)11-6-8-12(9-7-11)15-10-4-2/h6-9H,3-5,10H2,1-2H3. The molecule has 0 fully saturated rings. The molecule has 2 nitrogen and oxygen atoms in total. The molecule has 0 aromatic heterocycles. The molecule has 0 aliphatic heterocycles. The Kier molecular flexibility index (Phi) is 4.88. The third-order valence-corrected chi connectivity index (χ3v) is 2.13. The molecule has 0 spiro atoms. The first-order valence-electron chi connectivity index (χ1n) is 5.54. The van der Waals surface area contributed by atoms with Crippen LogP contribution in [-0.4, -0.2) is 12.4 Å². The number of benzene rings is 1. The van der Waals surface area contributed by atoms with Gasteiger partial charge in [-0.25, -0.2) is 0 Å². The molecule has 0 unspecified atom stereocenters. The van der Waals surface area contributed by atoms with Crippen LogP contribution in [0.25, 0.3) is 0 Å². The van der Waals surface area contributed by atoms with Crippen molar-refractivity contribution in [3.63, 3.8) is 0 Å². The van der Waals surface area contributed by atoms with Crippen LogP contribution in [0.1, 0.15) is 43.5 Å². The van der Waals surface area contributed by atoms with Crippen molar-refractivity contribution >= 4 is 5.78 Å². The van der Waals surface area contributed by atoms with Crippen molar-refractivity contribution in [2.75, 3.05) is 6.61 Å². The first kappa shape index (κ1) is 11.8. The second-order valence-electron chi connectivity index (χ2n) is 3.55. The fraction of sp³-hybridized carbons (Fsp3) is 0.462. The Bertz CT molecular complexity index is 301. The Hall–Kier alpha value is -1.31. The maximum atomic E-state index is 11.5. The lowest BCUT2D eigenvalue weighted by Gasteiger charge is -2.05. The number of Topliss-reactive ketones (excluding diaryl/α,β-unsaturated/α-hetero) is 1. The maximum Gasteiger partial charge on any atom is 0.162 e. The van der Waals surface area contributed by atoms with Crippen molar-refractivity contribution in [1.29, 1.82) is 0 Å². The molecule has 0 saturated heterocycles. The maximum absolute atomic E-state index is 11.5. The molecule has 1 aromatic rings. The minimum atomic E-state index is 0.208. The summed E-state index contributed by atoms with van der Waals surface area (Å²) in [4.78, 5) is 11.5. The zero-order chi connectivity index (χ0) is 11.1. The van der Waals surface area contributed by atoms with E-state index < -0.39 is 0 Å². The summed E-state index contributed by atoms with van der Waals surface area (Å²) in [7, 11) is 0. The lowest BCUT2D eigenvalue weighted by Crippen LogP contribution is -1.99. The van der Waals surface area contributed by atoms with Gasteiger partial charge in [0.25, 0.3) is 0 Å². The molecule has 0 aliphatic rings. The van der Waals surface area contributed by atoms with Gasteiger partial charge in [0.15, 0.2) is 5.78 Å². The van der Waals surface area contributed by atoms with E-state index in [4.69, 9.17) is 4.74 Å². The van der Waals surface area contributed by atoms with Crippen molar-refractivity contribution in [2.24, 2.45) is 0 Å². The number of hydrogen-bond donors (Lipinski definition) is 0. The molecule has 15 heavy (non-hydrogen) atoms. The van der Waals surface area contributed by atoms with E-state index in [2.05, 4.69) is 6.92 Å². The monoisotopic (exact) mass is 206 g/mol. The third kappa shape index (κ3) is 3.74. The fourth-order valence-corrected chi connectivity index (χ4v) is 1.33. The summed E-state index contributed by atoms with van der Waals surface area (Å²) in [5, 5.41) is 0. The van der Waals surface area contributed by atoms with Crippen molar-refractivity contribution in [2.45, 2.75) is 33.1 Å². The summed E-state index contributed by atoms with van der Waals surface area (Å²) < 4.78 is 5.44. The van der Waals surface area contributed by atoms with Gasteiger partial charge in [-0.15, -0.1) is 0 Å². The number of rotatable bonds is 6. The summed E-state index contributed by atoms with van der Waals surface area (Å²) >= 11 is 0. The minimum absolute atomic E-state index is 0.208. The number of ketones is 1. The smallest absolute Gasteiger partial charge is 0.162 e. The van der Waals surface area contributed by atoms with Gasteiger partial charge in [0.05, 0.1) is 6.61 Å². The summed E-state index contributed by atoms with van der Waals surface area (Å²) in [5.41, 5.74) is 0.778. The van der Waals surface area contributed by atoms with Gasteiger partial charge in [0.2, 0.25) is 0 Å². The highest BCUT2D eigenvalue weighted by atomic mass is 16.5. The van der Waals surface area contributed by atoms with Gasteiger partial charge in [0, 0.05) is 12.0 Å². The van der Waals surface area contributed by atoms with E-state index in [0.29, 0.717) is 6.42 Å². The van der Waals surface area contributed by atoms with Crippen molar-refractivity contribution < 1.29 is 9.53 Å². The van der Waals surface area contributed by atoms with E-state index in [1.165, 1.54) is 0 Å². The predicted octanol–water partition coefficient (Wildman–Crippen LogP) is 3.46. The van der Waals surface area contributed by atoms with E-state index in [1.54, 1.807) is 0 Å². The zero-order valence-corrected chi connectivity index (χ0v) is 9.45. The van der Waals surface area contributed by atoms with Crippen molar-refractivity contribution in [3.05, 3.63) is 29.8 Å². The average Bonchev–Trinajstić information content (AvgIpc) is 2.27. The SMILES string of the molecule is CCCOc1ccc(C(=O)CCC)cc1. The number of carbonyl (C=O) groups is 1. The molecule has 2 heteroatoms. The van der Waals surface area contributed by atoms with E-state index >= 15 is 0 Å². The molecule has 0 radical (unpaired) electrons.